The van der Waals surface area contributed by atoms with Crippen LogP contribution in [-0.4, -0.2) is 14.4 Å². The van der Waals surface area contributed by atoms with Crippen LogP contribution in [0.5, 0.6) is 0 Å². The molecule has 10 aromatic carbocycles. The largest absolute Gasteiger partial charge is 0.456 e. The average molecular weight is 762 g/mol. The maximum atomic E-state index is 6.61. The van der Waals surface area contributed by atoms with Gasteiger partial charge in [0, 0.05) is 54.2 Å². The van der Waals surface area contributed by atoms with E-state index >= 15 is 0 Å². The molecule has 0 unspecified atom stereocenters. The highest BCUT2D eigenvalue weighted by Gasteiger charge is 2.22. The van der Waals surface area contributed by atoms with Gasteiger partial charge in [-0.3, -0.25) is 0 Å². The Morgan fingerprint density at radius 2 is 1.05 bits per heavy atom. The van der Waals surface area contributed by atoms with Gasteiger partial charge in [0.2, 0.25) is 0 Å². The minimum Gasteiger partial charge on any atom is -0.456 e. The summed E-state index contributed by atoms with van der Waals surface area (Å²) in [4.78, 5) is 11.0. The zero-order chi connectivity index (χ0) is 39.1. The number of hydrogen-bond donors (Lipinski definition) is 0. The van der Waals surface area contributed by atoms with Crippen molar-refractivity contribution in [2.45, 2.75) is 0 Å². The highest BCUT2D eigenvalue weighted by Crippen LogP contribution is 2.45. The van der Waals surface area contributed by atoms with E-state index in [1.807, 2.05) is 0 Å². The van der Waals surface area contributed by atoms with Crippen LogP contribution < -0.4 is 0 Å². The fourth-order valence-corrected chi connectivity index (χ4v) is 10.3. The van der Waals surface area contributed by atoms with E-state index in [1.165, 1.54) is 59.6 Å². The van der Waals surface area contributed by atoms with Crippen LogP contribution in [-0.2, 0) is 0 Å². The lowest BCUT2D eigenvalue weighted by atomic mass is 9.93. The van der Waals surface area contributed by atoms with Crippen molar-refractivity contribution in [3.63, 3.8) is 0 Å². The molecule has 14 aromatic rings. The molecule has 0 saturated carbocycles. The lowest BCUT2D eigenvalue weighted by molar-refractivity contribution is 0.669. The third-order valence-corrected chi connectivity index (χ3v) is 12.9. The van der Waals surface area contributed by atoms with Gasteiger partial charge in [-0.1, -0.05) is 152 Å². The van der Waals surface area contributed by atoms with Crippen LogP contribution in [0.25, 0.3) is 137 Å². The Morgan fingerprint density at radius 1 is 0.367 bits per heavy atom. The predicted octanol–water partition coefficient (Wildman–Crippen LogP) is 15.1. The first-order chi connectivity index (χ1) is 29.8. The van der Waals surface area contributed by atoms with Crippen LogP contribution in [0.2, 0.25) is 0 Å². The second-order valence-corrected chi connectivity index (χ2v) is 16.0. The van der Waals surface area contributed by atoms with Crippen LogP contribution in [0.3, 0.4) is 0 Å². The van der Waals surface area contributed by atoms with Crippen molar-refractivity contribution in [3.8, 4) is 33.8 Å². The molecule has 0 bridgehead atoms. The van der Waals surface area contributed by atoms with Crippen LogP contribution in [0.4, 0.5) is 0 Å². The number of hydrogen-bond acceptors (Lipinski definition) is 3. The van der Waals surface area contributed by atoms with Crippen LogP contribution in [0, 0.1) is 0 Å². The number of benzene rings is 10. The zero-order valence-electron chi connectivity index (χ0n) is 32.1. The Morgan fingerprint density at radius 3 is 1.92 bits per heavy atom. The Hall–Kier alpha value is -8.08. The first-order valence-corrected chi connectivity index (χ1v) is 20.5. The zero-order valence-corrected chi connectivity index (χ0v) is 32.1. The van der Waals surface area contributed by atoms with Gasteiger partial charge in [0.05, 0.1) is 27.8 Å². The van der Waals surface area contributed by atoms with E-state index in [4.69, 9.17) is 14.4 Å². The molecule has 60 heavy (non-hydrogen) atoms. The quantitative estimate of drug-likeness (QED) is 0.168. The summed E-state index contributed by atoms with van der Waals surface area (Å²) in [5.74, 6) is 0.696. The number of furan rings is 1. The van der Waals surface area contributed by atoms with Crippen molar-refractivity contribution in [1.29, 1.82) is 0 Å². The molecule has 14 rings (SSSR count). The second kappa shape index (κ2) is 11.8. The van der Waals surface area contributed by atoms with Gasteiger partial charge < -0.3 is 8.82 Å². The summed E-state index contributed by atoms with van der Waals surface area (Å²) in [7, 11) is 0. The minimum absolute atomic E-state index is 0.696. The second-order valence-electron chi connectivity index (χ2n) is 16.0. The number of rotatable bonds is 3. The van der Waals surface area contributed by atoms with Crippen molar-refractivity contribution in [1.82, 2.24) is 14.4 Å². The lowest BCUT2D eigenvalue weighted by Crippen LogP contribution is -1.98. The van der Waals surface area contributed by atoms with E-state index in [-0.39, 0.29) is 0 Å². The van der Waals surface area contributed by atoms with Gasteiger partial charge in [-0.05, 0) is 74.5 Å². The Balaban J connectivity index is 1.01. The number of para-hydroxylation sites is 2. The summed E-state index contributed by atoms with van der Waals surface area (Å²) in [6, 6.07) is 67.5. The molecule has 4 nitrogen and oxygen atoms in total. The Kier molecular flexibility index (Phi) is 6.26. The van der Waals surface area contributed by atoms with E-state index in [0.717, 1.165) is 71.6 Å². The number of nitrogens with zero attached hydrogens (tertiary/aromatic N) is 3. The van der Waals surface area contributed by atoms with Crippen molar-refractivity contribution < 1.29 is 4.42 Å². The summed E-state index contributed by atoms with van der Waals surface area (Å²) in [6.45, 7) is 0. The SMILES string of the molecule is c1ccc(-c2nc(-c3ccccc3-c3ccc4oc5cc6ccc7c(c6cc5c4c3)c3cccc4c5ccccc5n7c43)nc3c4ccccc4c4ccccc4c23)cc1. The van der Waals surface area contributed by atoms with Gasteiger partial charge in [-0.25, -0.2) is 9.97 Å². The summed E-state index contributed by atoms with van der Waals surface area (Å²) in [6.07, 6.45) is 0. The smallest absolute Gasteiger partial charge is 0.161 e. The van der Waals surface area contributed by atoms with Gasteiger partial charge in [0.15, 0.2) is 5.82 Å². The molecule has 0 spiro atoms. The molecular formula is C56H31N3O. The van der Waals surface area contributed by atoms with E-state index in [2.05, 4.69) is 192 Å². The van der Waals surface area contributed by atoms with Crippen molar-refractivity contribution in [2.75, 3.05) is 0 Å². The lowest BCUT2D eigenvalue weighted by Gasteiger charge is -2.16. The molecule has 4 heterocycles. The van der Waals surface area contributed by atoms with Gasteiger partial charge in [-0.15, -0.1) is 0 Å². The van der Waals surface area contributed by atoms with Crippen molar-refractivity contribution >= 4 is 103 Å². The normalized spacial score (nSPS) is 12.3. The highest BCUT2D eigenvalue weighted by atomic mass is 16.3. The molecule has 0 radical (unpaired) electrons. The van der Waals surface area contributed by atoms with Crippen molar-refractivity contribution in [3.05, 3.63) is 188 Å². The van der Waals surface area contributed by atoms with Gasteiger partial charge in [0.25, 0.3) is 0 Å². The molecule has 0 saturated heterocycles. The standard InChI is InChI=1S/C56H31N3O/c1-2-13-32(14-3-1)53-52-39-19-7-5-16-36(39)37-17-6-8-20-40(37)54(52)58-56(57-53)42-21-9-4-15-35(42)33-26-28-49-45(29-33)46-31-44-34(30-50(46)60-49)25-27-48-51(44)43-23-12-22-41-38-18-10-11-24-47(38)59(48)55(41)43/h1-31H. The van der Waals surface area contributed by atoms with Crippen molar-refractivity contribution in [2.24, 2.45) is 0 Å². The van der Waals surface area contributed by atoms with Gasteiger partial charge >= 0.3 is 0 Å². The summed E-state index contributed by atoms with van der Waals surface area (Å²) in [5, 5.41) is 15.4. The molecule has 0 aliphatic carbocycles. The van der Waals surface area contributed by atoms with E-state index in [0.29, 0.717) is 5.82 Å². The number of fused-ring (bicyclic) bond motifs is 17. The molecule has 0 fully saturated rings. The predicted molar refractivity (Wildman–Crippen MR) is 250 cm³/mol. The Bertz CT molecular complexity index is 4120. The fraction of sp³-hybridized carbons (Fsp3) is 0. The van der Waals surface area contributed by atoms with Gasteiger partial charge in [0.1, 0.15) is 11.2 Å². The van der Waals surface area contributed by atoms with E-state index in [9.17, 15) is 0 Å². The third kappa shape index (κ3) is 4.24. The maximum absolute atomic E-state index is 6.61. The number of aromatic nitrogens is 3. The van der Waals surface area contributed by atoms with Crippen LogP contribution in [0.15, 0.2) is 192 Å². The first-order valence-electron chi connectivity index (χ1n) is 20.5. The van der Waals surface area contributed by atoms with E-state index in [1.54, 1.807) is 0 Å². The Labute approximate surface area is 342 Å². The maximum Gasteiger partial charge on any atom is 0.161 e. The fourth-order valence-electron chi connectivity index (χ4n) is 10.3. The molecule has 0 amide bonds. The summed E-state index contributed by atoms with van der Waals surface area (Å²) >= 11 is 0. The molecule has 4 heteroatoms. The third-order valence-electron chi connectivity index (χ3n) is 12.9. The molecule has 4 aromatic heterocycles. The topological polar surface area (TPSA) is 43.3 Å². The summed E-state index contributed by atoms with van der Waals surface area (Å²) in [5.41, 5.74) is 11.6. The highest BCUT2D eigenvalue weighted by molar-refractivity contribution is 6.30. The van der Waals surface area contributed by atoms with Crippen LogP contribution >= 0.6 is 0 Å². The molecule has 0 aliphatic heterocycles. The molecule has 276 valence electrons. The molecule has 0 atom stereocenters. The minimum atomic E-state index is 0.696. The molecular weight excluding hydrogens is 731 g/mol. The van der Waals surface area contributed by atoms with E-state index < -0.39 is 0 Å². The van der Waals surface area contributed by atoms with Crippen LogP contribution in [0.1, 0.15) is 0 Å². The first kappa shape index (κ1) is 31.9. The average Bonchev–Trinajstić information content (AvgIpc) is 3.97. The monoisotopic (exact) mass is 761 g/mol. The molecule has 0 aliphatic rings. The summed E-state index contributed by atoms with van der Waals surface area (Å²) < 4.78 is 9.06. The van der Waals surface area contributed by atoms with Gasteiger partial charge in [-0.2, -0.15) is 0 Å². The molecule has 0 N–H and O–H groups in total.